The van der Waals surface area contributed by atoms with Crippen molar-refractivity contribution in [2.24, 2.45) is 0 Å². The molecule has 0 saturated heterocycles. The van der Waals surface area contributed by atoms with E-state index < -0.39 is 0 Å². The van der Waals surface area contributed by atoms with Crippen LogP contribution in [0.25, 0.3) is 6.08 Å². The molecule has 13 heavy (non-hydrogen) atoms. The number of rotatable bonds is 2. The lowest BCUT2D eigenvalue weighted by Gasteiger charge is -2.03. The van der Waals surface area contributed by atoms with Gasteiger partial charge in [-0.05, 0) is 30.0 Å². The van der Waals surface area contributed by atoms with Gasteiger partial charge >= 0.3 is 0 Å². The van der Waals surface area contributed by atoms with Crippen molar-refractivity contribution in [1.29, 1.82) is 0 Å². The van der Waals surface area contributed by atoms with Gasteiger partial charge in [-0.2, -0.15) is 0 Å². The van der Waals surface area contributed by atoms with E-state index in [9.17, 15) is 0 Å². The summed E-state index contributed by atoms with van der Waals surface area (Å²) in [5.74, 6) is 0. The van der Waals surface area contributed by atoms with Gasteiger partial charge in [0.15, 0.2) is 0 Å². The Balaban J connectivity index is 2.85. The van der Waals surface area contributed by atoms with Crippen molar-refractivity contribution >= 4 is 29.3 Å². The molecule has 0 spiro atoms. The van der Waals surface area contributed by atoms with Crippen molar-refractivity contribution in [3.8, 4) is 0 Å². The molecule has 1 aromatic rings. The number of halogens is 2. The topological polar surface area (TPSA) is 3.24 Å². The van der Waals surface area contributed by atoms with E-state index in [0.29, 0.717) is 10.0 Å². The summed E-state index contributed by atoms with van der Waals surface area (Å²) in [6, 6.07) is 5.55. The molecule has 0 atom stereocenters. The minimum Gasteiger partial charge on any atom is -0.383 e. The SMILES string of the molecule is CN(C)C=Cc1ccc(Cl)c(Cl)c1. The highest BCUT2D eigenvalue weighted by Gasteiger charge is 1.96. The molecule has 0 unspecified atom stereocenters. The second kappa shape index (κ2) is 4.54. The molecule has 3 heteroatoms. The van der Waals surface area contributed by atoms with E-state index in [1.165, 1.54) is 0 Å². The van der Waals surface area contributed by atoms with Gasteiger partial charge in [0.05, 0.1) is 10.0 Å². The summed E-state index contributed by atoms with van der Waals surface area (Å²) in [5.41, 5.74) is 1.04. The molecule has 0 fully saturated rings. The van der Waals surface area contributed by atoms with Crippen molar-refractivity contribution in [3.63, 3.8) is 0 Å². The largest absolute Gasteiger partial charge is 0.383 e. The Morgan fingerprint density at radius 1 is 1.15 bits per heavy atom. The van der Waals surface area contributed by atoms with Gasteiger partial charge in [0, 0.05) is 14.1 Å². The Morgan fingerprint density at radius 2 is 1.85 bits per heavy atom. The molecule has 1 nitrogen and oxygen atoms in total. The van der Waals surface area contributed by atoms with Crippen LogP contribution >= 0.6 is 23.2 Å². The Hall–Kier alpha value is -0.660. The minimum absolute atomic E-state index is 0.586. The third-order valence-corrected chi connectivity index (χ3v) is 2.25. The van der Waals surface area contributed by atoms with E-state index in [-0.39, 0.29) is 0 Å². The molecule has 0 bridgehead atoms. The fourth-order valence-electron chi connectivity index (χ4n) is 0.851. The van der Waals surface area contributed by atoms with E-state index in [1.54, 1.807) is 6.07 Å². The van der Waals surface area contributed by atoms with Crippen LogP contribution in [0.3, 0.4) is 0 Å². The van der Waals surface area contributed by atoms with Crippen molar-refractivity contribution < 1.29 is 0 Å². The van der Waals surface area contributed by atoms with Crippen molar-refractivity contribution in [3.05, 3.63) is 40.0 Å². The predicted octanol–water partition coefficient (Wildman–Crippen LogP) is 3.53. The molecule has 0 aliphatic rings. The standard InChI is InChI=1S/C10H11Cl2N/c1-13(2)6-5-8-3-4-9(11)10(12)7-8/h3-7H,1-2H3. The van der Waals surface area contributed by atoms with Gasteiger partial charge in [0.1, 0.15) is 0 Å². The van der Waals surface area contributed by atoms with Gasteiger partial charge in [-0.1, -0.05) is 29.3 Å². The van der Waals surface area contributed by atoms with Gasteiger partial charge in [0.2, 0.25) is 0 Å². The summed E-state index contributed by atoms with van der Waals surface area (Å²) in [4.78, 5) is 1.96. The van der Waals surface area contributed by atoms with Gasteiger partial charge < -0.3 is 4.90 Å². The summed E-state index contributed by atoms with van der Waals surface area (Å²) < 4.78 is 0. The average molecular weight is 216 g/mol. The maximum Gasteiger partial charge on any atom is 0.0598 e. The molecule has 0 aliphatic heterocycles. The first kappa shape index (κ1) is 10.4. The molecule has 0 amide bonds. The fraction of sp³-hybridized carbons (Fsp3) is 0.200. The number of nitrogens with zero attached hydrogens (tertiary/aromatic N) is 1. The predicted molar refractivity (Wildman–Crippen MR) is 59.2 cm³/mol. The van der Waals surface area contributed by atoms with Gasteiger partial charge in [-0.15, -0.1) is 0 Å². The molecule has 0 radical (unpaired) electrons. The Morgan fingerprint density at radius 3 is 2.38 bits per heavy atom. The molecule has 0 aromatic heterocycles. The van der Waals surface area contributed by atoms with Crippen molar-refractivity contribution in [1.82, 2.24) is 4.90 Å². The third kappa shape index (κ3) is 3.29. The summed E-state index contributed by atoms with van der Waals surface area (Å²) >= 11 is 11.6. The second-order valence-corrected chi connectivity index (χ2v) is 3.77. The lowest BCUT2D eigenvalue weighted by Crippen LogP contribution is -1.99. The van der Waals surface area contributed by atoms with Gasteiger partial charge in [-0.25, -0.2) is 0 Å². The number of hydrogen-bond donors (Lipinski definition) is 0. The normalized spacial score (nSPS) is 10.8. The summed E-state index contributed by atoms with van der Waals surface area (Å²) in [7, 11) is 3.93. The molecule has 70 valence electrons. The van der Waals surface area contributed by atoms with E-state index in [2.05, 4.69) is 0 Å². The first-order valence-electron chi connectivity index (χ1n) is 3.89. The van der Waals surface area contributed by atoms with Crippen LogP contribution in [0.15, 0.2) is 24.4 Å². The quantitative estimate of drug-likeness (QED) is 0.730. The average Bonchev–Trinajstić information content (AvgIpc) is 2.07. The third-order valence-electron chi connectivity index (χ3n) is 1.51. The molecule has 0 heterocycles. The lowest BCUT2D eigenvalue weighted by molar-refractivity contribution is 0.567. The molecular formula is C10H11Cl2N. The van der Waals surface area contributed by atoms with Crippen LogP contribution in [0, 0.1) is 0 Å². The lowest BCUT2D eigenvalue weighted by atomic mass is 10.2. The fourth-order valence-corrected chi connectivity index (χ4v) is 1.16. The van der Waals surface area contributed by atoms with Crippen LogP contribution in [0.5, 0.6) is 0 Å². The van der Waals surface area contributed by atoms with E-state index in [0.717, 1.165) is 5.56 Å². The van der Waals surface area contributed by atoms with Crippen LogP contribution in [-0.2, 0) is 0 Å². The van der Waals surface area contributed by atoms with Crippen LogP contribution < -0.4 is 0 Å². The van der Waals surface area contributed by atoms with Crippen molar-refractivity contribution in [2.75, 3.05) is 14.1 Å². The van der Waals surface area contributed by atoms with E-state index in [1.807, 2.05) is 43.4 Å². The zero-order valence-corrected chi connectivity index (χ0v) is 9.10. The Bertz CT molecular complexity index is 319. The molecule has 1 rings (SSSR count). The second-order valence-electron chi connectivity index (χ2n) is 2.95. The summed E-state index contributed by atoms with van der Waals surface area (Å²) in [5, 5.41) is 1.17. The van der Waals surface area contributed by atoms with Gasteiger partial charge in [0.25, 0.3) is 0 Å². The van der Waals surface area contributed by atoms with Gasteiger partial charge in [-0.3, -0.25) is 0 Å². The molecule has 0 N–H and O–H groups in total. The maximum absolute atomic E-state index is 5.85. The Labute approximate surface area is 88.6 Å². The molecule has 0 aliphatic carbocycles. The van der Waals surface area contributed by atoms with E-state index in [4.69, 9.17) is 23.2 Å². The molecular weight excluding hydrogens is 205 g/mol. The zero-order chi connectivity index (χ0) is 9.84. The van der Waals surface area contributed by atoms with Crippen LogP contribution in [0.1, 0.15) is 5.56 Å². The Kier molecular flexibility index (Phi) is 3.64. The first-order chi connectivity index (χ1) is 6.09. The van der Waals surface area contributed by atoms with E-state index >= 15 is 0 Å². The number of benzene rings is 1. The molecule has 1 aromatic carbocycles. The highest BCUT2D eigenvalue weighted by Crippen LogP contribution is 2.22. The number of hydrogen-bond acceptors (Lipinski definition) is 1. The first-order valence-corrected chi connectivity index (χ1v) is 4.65. The summed E-state index contributed by atoms with van der Waals surface area (Å²) in [6.45, 7) is 0. The van der Waals surface area contributed by atoms with Crippen molar-refractivity contribution in [2.45, 2.75) is 0 Å². The highest BCUT2D eigenvalue weighted by molar-refractivity contribution is 6.42. The minimum atomic E-state index is 0.586. The molecule has 0 saturated carbocycles. The van der Waals surface area contributed by atoms with Crippen LogP contribution in [0.2, 0.25) is 10.0 Å². The smallest absolute Gasteiger partial charge is 0.0598 e. The van der Waals surface area contributed by atoms with Crippen LogP contribution in [0.4, 0.5) is 0 Å². The van der Waals surface area contributed by atoms with Crippen LogP contribution in [-0.4, -0.2) is 19.0 Å². The highest BCUT2D eigenvalue weighted by atomic mass is 35.5. The zero-order valence-electron chi connectivity index (χ0n) is 7.59. The maximum atomic E-state index is 5.85. The monoisotopic (exact) mass is 215 g/mol. The summed E-state index contributed by atoms with van der Waals surface area (Å²) in [6.07, 6.45) is 3.93.